The van der Waals surface area contributed by atoms with Gasteiger partial charge in [-0.2, -0.15) is 18.2 Å². The molecule has 1 aliphatic rings. The highest BCUT2D eigenvalue weighted by Crippen LogP contribution is 2.32. The quantitative estimate of drug-likeness (QED) is 0.0945. The van der Waals surface area contributed by atoms with Crippen molar-refractivity contribution in [3.05, 3.63) is 135 Å². The summed E-state index contributed by atoms with van der Waals surface area (Å²) < 4.78 is 74.7. The molecule has 2 heterocycles. The van der Waals surface area contributed by atoms with Crippen LogP contribution in [0.15, 0.2) is 95.8 Å². The average molecular weight is 775 g/mol. The fourth-order valence-corrected chi connectivity index (χ4v) is 7.28. The van der Waals surface area contributed by atoms with Gasteiger partial charge in [0, 0.05) is 38.2 Å². The normalized spacial score (nSPS) is 14.2. The number of likely N-dealkylation sites (tertiary alicyclic amines) is 1. The Bertz CT molecular complexity index is 2250. The van der Waals surface area contributed by atoms with Gasteiger partial charge in [-0.1, -0.05) is 54.6 Å². The van der Waals surface area contributed by atoms with E-state index in [-0.39, 0.29) is 61.8 Å². The first-order valence-electron chi connectivity index (χ1n) is 18.6. The number of para-hydroxylation sites is 1. The van der Waals surface area contributed by atoms with Crippen molar-refractivity contribution in [1.29, 1.82) is 0 Å². The second kappa shape index (κ2) is 16.7. The van der Waals surface area contributed by atoms with Crippen molar-refractivity contribution in [2.75, 3.05) is 19.7 Å². The number of ether oxygens (including phenoxy) is 1. The molecule has 294 valence electrons. The molecule has 0 saturated carbocycles. The molecule has 0 N–H and O–H groups in total. The SMILES string of the molecule is CCOC(=O)C(C)(C)N1CCC(N(Cc2ccc(-c3ccc(C(F)(F)F)cc3)cc2)C(=O)Cn2c(CCc3ccc(F)cc3F)nc(=O)c3ccccc32)CC1. The number of fused-ring (bicyclic) bond motifs is 1. The number of benzene rings is 4. The van der Waals surface area contributed by atoms with E-state index >= 15 is 0 Å². The number of hydrogen-bond acceptors (Lipinski definition) is 6. The number of halogens is 5. The van der Waals surface area contributed by atoms with Crippen molar-refractivity contribution in [2.45, 2.75) is 77.3 Å². The molecule has 8 nitrogen and oxygen atoms in total. The third kappa shape index (κ3) is 8.99. The largest absolute Gasteiger partial charge is 0.465 e. The number of esters is 1. The lowest BCUT2D eigenvalue weighted by Gasteiger charge is -2.44. The van der Waals surface area contributed by atoms with Crippen LogP contribution in [-0.4, -0.2) is 62.5 Å². The van der Waals surface area contributed by atoms with Gasteiger partial charge in [0.25, 0.3) is 5.56 Å². The minimum absolute atomic E-state index is 0.0999. The molecule has 56 heavy (non-hydrogen) atoms. The zero-order valence-corrected chi connectivity index (χ0v) is 31.4. The van der Waals surface area contributed by atoms with Crippen LogP contribution < -0.4 is 5.56 Å². The predicted octanol–water partition coefficient (Wildman–Crippen LogP) is 7.98. The molecule has 1 fully saturated rings. The Morgan fingerprint density at radius 3 is 2.14 bits per heavy atom. The van der Waals surface area contributed by atoms with E-state index in [2.05, 4.69) is 9.88 Å². The Kier molecular flexibility index (Phi) is 12.0. The summed E-state index contributed by atoms with van der Waals surface area (Å²) in [5.41, 5.74) is 0.748. The number of aryl methyl sites for hydroxylation is 2. The van der Waals surface area contributed by atoms with E-state index < -0.39 is 34.5 Å². The Labute approximate surface area is 321 Å². The van der Waals surface area contributed by atoms with Gasteiger partial charge in [0.2, 0.25) is 5.91 Å². The average Bonchev–Trinajstić information content (AvgIpc) is 3.18. The van der Waals surface area contributed by atoms with Crippen molar-refractivity contribution >= 4 is 22.8 Å². The van der Waals surface area contributed by atoms with E-state index in [9.17, 15) is 36.3 Å². The van der Waals surface area contributed by atoms with Crippen molar-refractivity contribution in [2.24, 2.45) is 0 Å². The van der Waals surface area contributed by atoms with Crippen LogP contribution in [0.25, 0.3) is 22.0 Å². The van der Waals surface area contributed by atoms with E-state index in [0.29, 0.717) is 48.0 Å². The van der Waals surface area contributed by atoms with Crippen LogP contribution in [0.5, 0.6) is 0 Å². The minimum atomic E-state index is -4.44. The van der Waals surface area contributed by atoms with E-state index in [4.69, 9.17) is 4.74 Å². The molecule has 0 spiro atoms. The summed E-state index contributed by atoms with van der Waals surface area (Å²) >= 11 is 0. The first-order chi connectivity index (χ1) is 26.6. The van der Waals surface area contributed by atoms with E-state index in [1.165, 1.54) is 18.2 Å². The molecule has 5 aromatic rings. The van der Waals surface area contributed by atoms with Gasteiger partial charge in [-0.3, -0.25) is 19.3 Å². The summed E-state index contributed by atoms with van der Waals surface area (Å²) in [6.07, 6.45) is -3.13. The van der Waals surface area contributed by atoms with Gasteiger partial charge in [-0.15, -0.1) is 0 Å². The Balaban J connectivity index is 1.30. The third-order valence-electron chi connectivity index (χ3n) is 10.5. The smallest absolute Gasteiger partial charge is 0.416 e. The van der Waals surface area contributed by atoms with Gasteiger partial charge in [-0.05, 0) is 92.6 Å². The molecule has 0 aliphatic carbocycles. The molecule has 1 aromatic heterocycles. The summed E-state index contributed by atoms with van der Waals surface area (Å²) in [5.74, 6) is -1.74. The number of piperidine rings is 1. The van der Waals surface area contributed by atoms with Crippen LogP contribution >= 0.6 is 0 Å². The maximum atomic E-state index is 14.7. The molecule has 0 bridgehead atoms. The monoisotopic (exact) mass is 774 g/mol. The van der Waals surface area contributed by atoms with Crippen LogP contribution in [0.2, 0.25) is 0 Å². The zero-order valence-electron chi connectivity index (χ0n) is 31.4. The van der Waals surface area contributed by atoms with Gasteiger partial charge >= 0.3 is 12.1 Å². The van der Waals surface area contributed by atoms with Crippen LogP contribution in [0.3, 0.4) is 0 Å². The second-order valence-corrected chi connectivity index (χ2v) is 14.5. The van der Waals surface area contributed by atoms with Crippen molar-refractivity contribution in [3.8, 4) is 11.1 Å². The lowest BCUT2D eigenvalue weighted by atomic mass is 9.95. The number of carbonyl (C=O) groups is 2. The number of aromatic nitrogens is 2. The molecule has 1 saturated heterocycles. The summed E-state index contributed by atoms with van der Waals surface area (Å²) in [7, 11) is 0. The first kappa shape index (κ1) is 40.2. The molecule has 0 unspecified atom stereocenters. The standard InChI is InChI=1S/C43H43F5N4O4/c1-4-56-41(55)42(2,3)50-23-21-34(22-24-50)51(26-28-9-11-29(12-10-28)30-13-17-32(18-14-30)43(46,47)48)39(53)27-52-37-8-6-5-7-35(37)40(54)49-38(52)20-16-31-15-19-33(44)25-36(31)45/h5-15,17-19,25,34H,4,16,20-24,26-27H2,1-3H3. The third-order valence-corrected chi connectivity index (χ3v) is 10.5. The number of hydrogen-bond donors (Lipinski definition) is 0. The molecule has 0 radical (unpaired) electrons. The summed E-state index contributed by atoms with van der Waals surface area (Å²) in [6, 6.07) is 22.1. The fraction of sp³-hybridized carbons (Fsp3) is 0.349. The lowest BCUT2D eigenvalue weighted by molar-refractivity contribution is -0.157. The molecule has 6 rings (SSSR count). The highest BCUT2D eigenvalue weighted by Gasteiger charge is 2.39. The van der Waals surface area contributed by atoms with Gasteiger partial charge < -0.3 is 14.2 Å². The molecular formula is C43H43F5N4O4. The highest BCUT2D eigenvalue weighted by atomic mass is 19.4. The summed E-state index contributed by atoms with van der Waals surface area (Å²) in [4.78, 5) is 48.8. The maximum Gasteiger partial charge on any atom is 0.416 e. The first-order valence-corrected chi connectivity index (χ1v) is 18.6. The number of alkyl halides is 3. The number of rotatable bonds is 12. The van der Waals surface area contributed by atoms with Gasteiger partial charge in [0.05, 0.1) is 23.1 Å². The Morgan fingerprint density at radius 2 is 1.52 bits per heavy atom. The van der Waals surface area contributed by atoms with Crippen molar-refractivity contribution in [1.82, 2.24) is 19.4 Å². The van der Waals surface area contributed by atoms with E-state index in [1.807, 2.05) is 26.0 Å². The minimum Gasteiger partial charge on any atom is -0.465 e. The topological polar surface area (TPSA) is 84.7 Å². The molecule has 1 amide bonds. The number of carbonyl (C=O) groups excluding carboxylic acids is 2. The Hall–Kier alpha value is -5.43. The molecule has 13 heteroatoms. The second-order valence-electron chi connectivity index (χ2n) is 14.5. The van der Waals surface area contributed by atoms with Crippen LogP contribution in [0, 0.1) is 11.6 Å². The van der Waals surface area contributed by atoms with E-state index in [1.54, 1.807) is 52.8 Å². The Morgan fingerprint density at radius 1 is 0.875 bits per heavy atom. The summed E-state index contributed by atoms with van der Waals surface area (Å²) in [6.45, 7) is 6.71. The fourth-order valence-electron chi connectivity index (χ4n) is 7.28. The maximum absolute atomic E-state index is 14.7. The van der Waals surface area contributed by atoms with Crippen LogP contribution in [0.1, 0.15) is 56.1 Å². The summed E-state index contributed by atoms with van der Waals surface area (Å²) in [5, 5.41) is 0.317. The van der Waals surface area contributed by atoms with Crippen molar-refractivity contribution in [3.63, 3.8) is 0 Å². The number of nitrogens with zero attached hydrogens (tertiary/aromatic N) is 4. The molecule has 0 atom stereocenters. The molecule has 4 aromatic carbocycles. The number of amides is 1. The lowest BCUT2D eigenvalue weighted by Crippen LogP contribution is -2.56. The van der Waals surface area contributed by atoms with Gasteiger partial charge in [0.1, 0.15) is 29.5 Å². The predicted molar refractivity (Wildman–Crippen MR) is 203 cm³/mol. The van der Waals surface area contributed by atoms with Crippen LogP contribution in [0.4, 0.5) is 22.0 Å². The van der Waals surface area contributed by atoms with E-state index in [0.717, 1.165) is 29.8 Å². The molecular weight excluding hydrogens is 731 g/mol. The van der Waals surface area contributed by atoms with Gasteiger partial charge in [0.15, 0.2) is 0 Å². The highest BCUT2D eigenvalue weighted by molar-refractivity contribution is 5.82. The van der Waals surface area contributed by atoms with Gasteiger partial charge in [-0.25, -0.2) is 8.78 Å². The zero-order chi connectivity index (χ0) is 40.2. The van der Waals surface area contributed by atoms with Crippen molar-refractivity contribution < 1.29 is 36.3 Å². The van der Waals surface area contributed by atoms with Crippen LogP contribution in [-0.2, 0) is 46.4 Å². The molecule has 1 aliphatic heterocycles.